The number of aromatic amines is 1. The number of H-pyrrole nitrogens is 1. The van der Waals surface area contributed by atoms with Crippen molar-refractivity contribution in [3.05, 3.63) is 94.0 Å². The highest BCUT2D eigenvalue weighted by Crippen LogP contribution is 2.40. The van der Waals surface area contributed by atoms with Crippen molar-refractivity contribution >= 4 is 63.1 Å². The SMILES string of the molecule is O=C1C(Cl)C(c2ccccc2Cl)N1n1c(Cn2c3ccccc3c3ccccc32)n[nH]c1=S. The number of halogens is 2. The molecule has 0 spiro atoms. The van der Waals surface area contributed by atoms with E-state index in [1.807, 2.05) is 42.5 Å². The molecule has 1 fully saturated rings. The third-order valence-corrected chi connectivity index (χ3v) is 7.17. The average molecular weight is 494 g/mol. The van der Waals surface area contributed by atoms with Crippen LogP contribution in [0, 0.1) is 4.77 Å². The van der Waals surface area contributed by atoms with Crippen LogP contribution in [0.2, 0.25) is 5.02 Å². The van der Waals surface area contributed by atoms with Crippen LogP contribution in [0.3, 0.4) is 0 Å². The second-order valence-corrected chi connectivity index (χ2v) is 9.19. The van der Waals surface area contributed by atoms with Gasteiger partial charge in [-0.3, -0.25) is 9.89 Å². The van der Waals surface area contributed by atoms with E-state index in [0.717, 1.165) is 27.4 Å². The lowest BCUT2D eigenvalue weighted by Crippen LogP contribution is -2.62. The molecule has 1 amide bonds. The summed E-state index contributed by atoms with van der Waals surface area (Å²) in [6, 6.07) is 23.4. The second-order valence-electron chi connectivity index (χ2n) is 7.93. The molecule has 6 nitrogen and oxygen atoms in total. The highest BCUT2D eigenvalue weighted by molar-refractivity contribution is 7.71. The van der Waals surface area contributed by atoms with Crippen LogP contribution in [0.25, 0.3) is 21.8 Å². The highest BCUT2D eigenvalue weighted by atomic mass is 35.5. The first-order chi connectivity index (χ1) is 16.1. The summed E-state index contributed by atoms with van der Waals surface area (Å²) >= 11 is 18.4. The van der Waals surface area contributed by atoms with E-state index in [4.69, 9.17) is 35.4 Å². The fraction of sp³-hybridized carbons (Fsp3) is 0.125. The molecule has 3 aromatic carbocycles. The minimum Gasteiger partial charge on any atom is -0.333 e. The number of amides is 1. The summed E-state index contributed by atoms with van der Waals surface area (Å²) in [5, 5.41) is 11.0. The standard InChI is InChI=1S/C24H17Cl2N5OS/c25-17-10-4-1-9-16(17)22-21(26)23(32)31(22)30-20(27-28-24(30)33)13-29-18-11-5-2-7-14(18)15-8-3-6-12-19(15)29/h1-12,21-22H,13H2,(H,28,33). The molecule has 1 saturated heterocycles. The maximum absolute atomic E-state index is 12.9. The van der Waals surface area contributed by atoms with Crippen molar-refractivity contribution in [2.75, 3.05) is 5.01 Å². The molecule has 0 radical (unpaired) electrons. The lowest BCUT2D eigenvalue weighted by atomic mass is 9.95. The summed E-state index contributed by atoms with van der Waals surface area (Å²) in [6.07, 6.45) is 0. The molecule has 2 aromatic heterocycles. The Morgan fingerprint density at radius 2 is 1.55 bits per heavy atom. The molecule has 1 N–H and O–H groups in total. The maximum atomic E-state index is 12.9. The van der Waals surface area contributed by atoms with E-state index in [-0.39, 0.29) is 5.91 Å². The zero-order valence-electron chi connectivity index (χ0n) is 17.2. The maximum Gasteiger partial charge on any atom is 0.262 e. The van der Waals surface area contributed by atoms with Crippen LogP contribution in [-0.4, -0.2) is 30.7 Å². The van der Waals surface area contributed by atoms with E-state index in [0.29, 0.717) is 22.2 Å². The smallest absolute Gasteiger partial charge is 0.262 e. The van der Waals surface area contributed by atoms with Gasteiger partial charge in [-0.1, -0.05) is 66.2 Å². The Morgan fingerprint density at radius 3 is 2.21 bits per heavy atom. The van der Waals surface area contributed by atoms with Crippen molar-refractivity contribution in [3.8, 4) is 0 Å². The van der Waals surface area contributed by atoms with Crippen LogP contribution in [0.5, 0.6) is 0 Å². The van der Waals surface area contributed by atoms with E-state index in [1.165, 1.54) is 0 Å². The lowest BCUT2D eigenvalue weighted by Gasteiger charge is -2.44. The van der Waals surface area contributed by atoms with Crippen molar-refractivity contribution < 1.29 is 4.79 Å². The molecule has 1 aliphatic rings. The van der Waals surface area contributed by atoms with Gasteiger partial charge >= 0.3 is 0 Å². The molecule has 3 heterocycles. The van der Waals surface area contributed by atoms with E-state index >= 15 is 0 Å². The van der Waals surface area contributed by atoms with Crippen LogP contribution in [0.1, 0.15) is 17.4 Å². The average Bonchev–Trinajstić information content (AvgIpc) is 3.35. The van der Waals surface area contributed by atoms with Gasteiger partial charge < -0.3 is 4.57 Å². The van der Waals surface area contributed by atoms with Gasteiger partial charge in [-0.2, -0.15) is 5.10 Å². The largest absolute Gasteiger partial charge is 0.333 e. The van der Waals surface area contributed by atoms with Crippen LogP contribution in [0.4, 0.5) is 0 Å². The van der Waals surface area contributed by atoms with Crippen LogP contribution in [-0.2, 0) is 11.3 Å². The molecule has 0 saturated carbocycles. The van der Waals surface area contributed by atoms with E-state index < -0.39 is 11.4 Å². The number of nitrogens with one attached hydrogen (secondary N) is 1. The zero-order chi connectivity index (χ0) is 22.7. The molecule has 0 bridgehead atoms. The number of benzene rings is 3. The minimum absolute atomic E-state index is 0.248. The minimum atomic E-state index is -0.734. The number of para-hydroxylation sites is 2. The first-order valence-electron chi connectivity index (χ1n) is 10.4. The van der Waals surface area contributed by atoms with Gasteiger partial charge in [0, 0.05) is 26.8 Å². The predicted molar refractivity (Wildman–Crippen MR) is 133 cm³/mol. The number of alkyl halides is 1. The number of rotatable bonds is 4. The Bertz CT molecular complexity index is 1550. The number of hydrogen-bond donors (Lipinski definition) is 1. The molecule has 33 heavy (non-hydrogen) atoms. The van der Waals surface area contributed by atoms with E-state index in [1.54, 1.807) is 15.8 Å². The molecule has 6 rings (SSSR count). The lowest BCUT2D eigenvalue weighted by molar-refractivity contribution is -0.126. The molecule has 2 unspecified atom stereocenters. The Morgan fingerprint density at radius 1 is 0.939 bits per heavy atom. The predicted octanol–water partition coefficient (Wildman–Crippen LogP) is 5.58. The van der Waals surface area contributed by atoms with Crippen LogP contribution >= 0.6 is 35.4 Å². The monoisotopic (exact) mass is 493 g/mol. The van der Waals surface area contributed by atoms with Crippen molar-refractivity contribution in [1.82, 2.24) is 19.4 Å². The van der Waals surface area contributed by atoms with Crippen molar-refractivity contribution in [3.63, 3.8) is 0 Å². The van der Waals surface area contributed by atoms with Gasteiger partial charge in [0.2, 0.25) is 4.77 Å². The summed E-state index contributed by atoms with van der Waals surface area (Å²) in [5.74, 6) is 0.350. The summed E-state index contributed by atoms with van der Waals surface area (Å²) in [6.45, 7) is 0.410. The van der Waals surface area contributed by atoms with Gasteiger partial charge in [0.25, 0.3) is 5.91 Å². The van der Waals surface area contributed by atoms with Gasteiger partial charge in [0.1, 0.15) is 11.4 Å². The van der Waals surface area contributed by atoms with Gasteiger partial charge in [-0.05, 0) is 36.0 Å². The van der Waals surface area contributed by atoms with Crippen molar-refractivity contribution in [2.45, 2.75) is 18.0 Å². The molecule has 1 aliphatic heterocycles. The van der Waals surface area contributed by atoms with Crippen LogP contribution in [0.15, 0.2) is 72.8 Å². The summed E-state index contributed by atoms with van der Waals surface area (Å²) in [5.41, 5.74) is 2.92. The number of aromatic nitrogens is 4. The number of β-lactam (4-membered cyclic amide) rings is 1. The number of hydrogen-bond acceptors (Lipinski definition) is 3. The van der Waals surface area contributed by atoms with E-state index in [9.17, 15) is 4.79 Å². The summed E-state index contributed by atoms with van der Waals surface area (Å²) in [7, 11) is 0. The third kappa shape index (κ3) is 3.04. The zero-order valence-corrected chi connectivity index (χ0v) is 19.5. The molecular weight excluding hydrogens is 477 g/mol. The van der Waals surface area contributed by atoms with Gasteiger partial charge in [-0.25, -0.2) is 9.69 Å². The number of carbonyl (C=O) groups excluding carboxylic acids is 1. The topological polar surface area (TPSA) is 58.9 Å². The van der Waals surface area contributed by atoms with Gasteiger partial charge in [0.15, 0.2) is 5.82 Å². The fourth-order valence-corrected chi connectivity index (χ4v) is 5.46. The Kier molecular flexibility index (Phi) is 4.79. The Hall–Kier alpha value is -3.13. The van der Waals surface area contributed by atoms with Gasteiger partial charge in [0.05, 0.1) is 6.54 Å². The summed E-state index contributed by atoms with van der Waals surface area (Å²) < 4.78 is 4.15. The van der Waals surface area contributed by atoms with Crippen molar-refractivity contribution in [1.29, 1.82) is 0 Å². The normalized spacial score (nSPS) is 18.2. The molecule has 9 heteroatoms. The first-order valence-corrected chi connectivity index (χ1v) is 11.6. The number of nitrogens with zero attached hydrogens (tertiary/aromatic N) is 4. The number of fused-ring (bicyclic) bond motifs is 3. The Labute approximate surface area is 203 Å². The van der Waals surface area contributed by atoms with Crippen LogP contribution < -0.4 is 5.01 Å². The molecule has 5 aromatic rings. The summed E-state index contributed by atoms with van der Waals surface area (Å²) in [4.78, 5) is 12.9. The molecule has 0 aliphatic carbocycles. The molecule has 164 valence electrons. The highest BCUT2D eigenvalue weighted by Gasteiger charge is 2.50. The molecule has 2 atom stereocenters. The fourth-order valence-electron chi connectivity index (χ4n) is 4.63. The Balaban J connectivity index is 1.49. The first kappa shape index (κ1) is 20.5. The number of carbonyl (C=O) groups is 1. The molecular formula is C24H17Cl2N5OS. The second kappa shape index (κ2) is 7.73. The van der Waals surface area contributed by atoms with E-state index in [2.05, 4.69) is 39.0 Å². The van der Waals surface area contributed by atoms with Gasteiger partial charge in [-0.15, -0.1) is 11.6 Å². The quantitative estimate of drug-likeness (QED) is 0.202. The van der Waals surface area contributed by atoms with Crippen molar-refractivity contribution in [2.24, 2.45) is 0 Å². The third-order valence-electron chi connectivity index (χ3n) is 6.14.